The normalized spacial score (nSPS) is 13.8. The maximum Gasteiger partial charge on any atom is 0.131 e. The first-order chi connectivity index (χ1) is 17.0. The highest BCUT2D eigenvalue weighted by Crippen LogP contribution is 2.56. The summed E-state index contributed by atoms with van der Waals surface area (Å²) in [6, 6.07) is 10.2. The standard InChI is InChI=1S/C33H50BrN/c1-5-9-13-15-19-33(20-16-14-10-6-2)29-23-31(34)25(17-11-7-3)21-27(29)28-22-26(18-12-8-4)32(35)24-30(28)33/h21-24H,5-20,35H2,1-4H3/p+1. The van der Waals surface area contributed by atoms with Crippen LogP contribution in [0.3, 0.4) is 0 Å². The predicted octanol–water partition coefficient (Wildman–Crippen LogP) is 10.2. The van der Waals surface area contributed by atoms with Crippen LogP contribution in [0.5, 0.6) is 0 Å². The maximum absolute atomic E-state index is 4.57. The van der Waals surface area contributed by atoms with E-state index in [1.165, 1.54) is 122 Å². The molecule has 0 radical (unpaired) electrons. The molecule has 1 nitrogen and oxygen atoms in total. The lowest BCUT2D eigenvalue weighted by Crippen LogP contribution is -2.42. The Labute approximate surface area is 224 Å². The molecule has 0 aliphatic heterocycles. The smallest absolute Gasteiger partial charge is 0.131 e. The molecule has 0 atom stereocenters. The molecule has 35 heavy (non-hydrogen) atoms. The van der Waals surface area contributed by atoms with Gasteiger partial charge in [0.2, 0.25) is 0 Å². The van der Waals surface area contributed by atoms with Crippen LogP contribution in [-0.2, 0) is 18.3 Å². The Balaban J connectivity index is 2.14. The van der Waals surface area contributed by atoms with E-state index >= 15 is 0 Å². The maximum atomic E-state index is 4.57. The number of benzene rings is 2. The molecular formula is C33H51BrN+. The summed E-state index contributed by atoms with van der Waals surface area (Å²) in [5.41, 5.74) is 15.2. The molecule has 0 heterocycles. The van der Waals surface area contributed by atoms with Gasteiger partial charge in [0.05, 0.1) is 0 Å². The number of halogens is 1. The minimum Gasteiger partial charge on any atom is -0.325 e. The van der Waals surface area contributed by atoms with Crippen LogP contribution in [0, 0.1) is 0 Å². The van der Waals surface area contributed by atoms with Gasteiger partial charge >= 0.3 is 0 Å². The number of hydrogen-bond donors (Lipinski definition) is 1. The van der Waals surface area contributed by atoms with E-state index in [0.29, 0.717) is 0 Å². The van der Waals surface area contributed by atoms with E-state index in [1.807, 2.05) is 0 Å². The van der Waals surface area contributed by atoms with Crippen molar-refractivity contribution in [2.75, 3.05) is 0 Å². The van der Waals surface area contributed by atoms with E-state index in [4.69, 9.17) is 0 Å². The Morgan fingerprint density at radius 1 is 0.600 bits per heavy atom. The molecule has 0 saturated heterocycles. The van der Waals surface area contributed by atoms with Crippen LogP contribution in [0.4, 0.5) is 5.69 Å². The topological polar surface area (TPSA) is 27.6 Å². The number of fused-ring (bicyclic) bond motifs is 3. The van der Waals surface area contributed by atoms with Crippen molar-refractivity contribution in [3.8, 4) is 11.1 Å². The van der Waals surface area contributed by atoms with Gasteiger partial charge in [-0.3, -0.25) is 0 Å². The van der Waals surface area contributed by atoms with Crippen molar-refractivity contribution in [3.63, 3.8) is 0 Å². The van der Waals surface area contributed by atoms with Gasteiger partial charge in [-0.1, -0.05) is 108 Å². The van der Waals surface area contributed by atoms with Crippen LogP contribution in [0.25, 0.3) is 11.1 Å². The van der Waals surface area contributed by atoms with Crippen molar-refractivity contribution < 1.29 is 5.73 Å². The Morgan fingerprint density at radius 2 is 1.09 bits per heavy atom. The first-order valence-corrected chi connectivity index (χ1v) is 15.6. The molecule has 0 aromatic heterocycles. The number of unbranched alkanes of at least 4 members (excludes halogenated alkanes) is 8. The summed E-state index contributed by atoms with van der Waals surface area (Å²) in [5, 5.41) is 0. The second-order valence-corrected chi connectivity index (χ2v) is 11.9. The first kappa shape index (κ1) is 28.5. The molecule has 3 N–H and O–H groups in total. The fraction of sp³-hybridized carbons (Fsp3) is 0.636. The quantitative estimate of drug-likeness (QED) is 0.205. The van der Waals surface area contributed by atoms with E-state index in [-0.39, 0.29) is 5.41 Å². The molecule has 0 amide bonds. The highest BCUT2D eigenvalue weighted by molar-refractivity contribution is 9.10. The molecule has 2 heteroatoms. The van der Waals surface area contributed by atoms with Crippen LogP contribution in [0.15, 0.2) is 28.7 Å². The average molecular weight is 542 g/mol. The summed E-state index contributed by atoms with van der Waals surface area (Å²) in [5.74, 6) is 0. The second-order valence-electron chi connectivity index (χ2n) is 11.1. The molecule has 0 saturated carbocycles. The molecule has 1 aliphatic rings. The van der Waals surface area contributed by atoms with Gasteiger partial charge in [-0.05, 0) is 84.5 Å². The summed E-state index contributed by atoms with van der Waals surface area (Å²) < 4.78 is 1.32. The molecular weight excluding hydrogens is 490 g/mol. The third kappa shape index (κ3) is 6.61. The van der Waals surface area contributed by atoms with E-state index in [0.717, 1.165) is 12.8 Å². The van der Waals surface area contributed by atoms with Gasteiger partial charge in [-0.25, -0.2) is 0 Å². The zero-order valence-electron chi connectivity index (χ0n) is 23.2. The van der Waals surface area contributed by atoms with Crippen molar-refractivity contribution in [1.29, 1.82) is 0 Å². The van der Waals surface area contributed by atoms with Gasteiger partial charge in [-0.15, -0.1) is 0 Å². The summed E-state index contributed by atoms with van der Waals surface area (Å²) in [7, 11) is 0. The summed E-state index contributed by atoms with van der Waals surface area (Å²) in [6.45, 7) is 9.23. The Kier molecular flexibility index (Phi) is 11.4. The van der Waals surface area contributed by atoms with Crippen LogP contribution in [-0.4, -0.2) is 0 Å². The third-order valence-electron chi connectivity index (χ3n) is 8.36. The fourth-order valence-corrected chi connectivity index (χ4v) is 6.76. The van der Waals surface area contributed by atoms with Crippen molar-refractivity contribution >= 4 is 21.6 Å². The van der Waals surface area contributed by atoms with E-state index in [9.17, 15) is 0 Å². The molecule has 1 aliphatic carbocycles. The number of quaternary nitrogens is 1. The lowest BCUT2D eigenvalue weighted by Gasteiger charge is -2.33. The SMILES string of the molecule is CCCCCCC1(CCCCCC)c2cc([NH3+])c(CCCC)cc2-c2cc(CCCC)c(Br)cc21. The molecule has 3 rings (SSSR count). The van der Waals surface area contributed by atoms with Crippen molar-refractivity contribution in [2.24, 2.45) is 0 Å². The fourth-order valence-electron chi connectivity index (χ4n) is 6.22. The summed E-state index contributed by atoms with van der Waals surface area (Å²) in [6.07, 6.45) is 20.5. The lowest BCUT2D eigenvalue weighted by molar-refractivity contribution is -0.255. The molecule has 0 bridgehead atoms. The minimum atomic E-state index is 0.147. The largest absolute Gasteiger partial charge is 0.325 e. The van der Waals surface area contributed by atoms with Crippen LogP contribution in [0.2, 0.25) is 0 Å². The first-order valence-electron chi connectivity index (χ1n) is 14.8. The Hall–Kier alpha value is -1.12. The second kappa shape index (κ2) is 14.0. The van der Waals surface area contributed by atoms with Crippen molar-refractivity contribution in [3.05, 3.63) is 51.0 Å². The predicted molar refractivity (Wildman–Crippen MR) is 158 cm³/mol. The van der Waals surface area contributed by atoms with Gasteiger partial charge < -0.3 is 5.73 Å². The molecule has 0 spiro atoms. The highest BCUT2D eigenvalue weighted by Gasteiger charge is 2.43. The minimum absolute atomic E-state index is 0.147. The summed E-state index contributed by atoms with van der Waals surface area (Å²) >= 11 is 4.01. The highest BCUT2D eigenvalue weighted by atomic mass is 79.9. The van der Waals surface area contributed by atoms with Gasteiger partial charge in [0.25, 0.3) is 0 Å². The molecule has 0 fully saturated rings. The Morgan fingerprint density at radius 3 is 1.63 bits per heavy atom. The van der Waals surface area contributed by atoms with Crippen LogP contribution < -0.4 is 5.73 Å². The third-order valence-corrected chi connectivity index (χ3v) is 9.10. The lowest BCUT2D eigenvalue weighted by atomic mass is 9.70. The van der Waals surface area contributed by atoms with Crippen molar-refractivity contribution in [2.45, 2.75) is 136 Å². The molecule has 194 valence electrons. The number of rotatable bonds is 16. The molecule has 2 aromatic carbocycles. The van der Waals surface area contributed by atoms with Crippen LogP contribution >= 0.6 is 15.9 Å². The van der Waals surface area contributed by atoms with Gasteiger partial charge in [-0.2, -0.15) is 0 Å². The van der Waals surface area contributed by atoms with E-state index < -0.39 is 0 Å². The zero-order valence-corrected chi connectivity index (χ0v) is 24.8. The van der Waals surface area contributed by atoms with Crippen molar-refractivity contribution in [1.82, 2.24) is 0 Å². The molecule has 2 aromatic rings. The average Bonchev–Trinajstić information content (AvgIpc) is 3.09. The number of hydrogen-bond acceptors (Lipinski definition) is 0. The van der Waals surface area contributed by atoms with Gasteiger partial charge in [0.15, 0.2) is 0 Å². The Bertz CT molecular complexity index is 867. The van der Waals surface area contributed by atoms with Crippen LogP contribution in [0.1, 0.15) is 140 Å². The summed E-state index contributed by atoms with van der Waals surface area (Å²) in [4.78, 5) is 0. The monoisotopic (exact) mass is 540 g/mol. The van der Waals surface area contributed by atoms with E-state index in [1.54, 1.807) is 11.1 Å². The van der Waals surface area contributed by atoms with E-state index in [2.05, 4.69) is 73.6 Å². The zero-order chi connectivity index (χ0) is 25.3. The van der Waals surface area contributed by atoms with Gasteiger partial charge in [0, 0.05) is 21.5 Å². The number of aryl methyl sites for hydroxylation is 2. The van der Waals surface area contributed by atoms with Gasteiger partial charge in [0.1, 0.15) is 5.69 Å². The molecule has 0 unspecified atom stereocenters.